The molecule has 31 heavy (non-hydrogen) atoms. The molecule has 0 aliphatic heterocycles. The van der Waals surface area contributed by atoms with Crippen LogP contribution < -0.4 is 11.7 Å². The maximum Gasteiger partial charge on any atom is 0.325 e. The Hall–Kier alpha value is -1.26. The summed E-state index contributed by atoms with van der Waals surface area (Å²) >= 11 is 0. The van der Waals surface area contributed by atoms with Crippen molar-refractivity contribution >= 4 is 11.9 Å². The smallest absolute Gasteiger partial charge is 0.325 e. The first kappa shape index (κ1) is 29.7. The summed E-state index contributed by atoms with van der Waals surface area (Å²) < 4.78 is 17.4. The SMILES string of the molecule is CN(N)C(CC(C)(C)OC(C)(C)CC(C(=O)OC(C)(C)C)N(C)N)C(=O)OC(C)(C)C. The van der Waals surface area contributed by atoms with Gasteiger partial charge in [-0.15, -0.1) is 0 Å². The zero-order chi connectivity index (χ0) is 25.0. The van der Waals surface area contributed by atoms with E-state index < -0.39 is 46.4 Å². The molecule has 0 aliphatic carbocycles. The van der Waals surface area contributed by atoms with E-state index in [9.17, 15) is 9.59 Å². The van der Waals surface area contributed by atoms with Crippen LogP contribution in [0, 0.1) is 0 Å². The molecule has 2 unspecified atom stereocenters. The average Bonchev–Trinajstić information content (AvgIpc) is 2.45. The van der Waals surface area contributed by atoms with Crippen LogP contribution in [-0.2, 0) is 23.8 Å². The predicted molar refractivity (Wildman–Crippen MR) is 122 cm³/mol. The predicted octanol–water partition coefficient (Wildman–Crippen LogP) is 2.37. The number of ether oxygens (including phenoxy) is 3. The van der Waals surface area contributed by atoms with E-state index in [1.165, 1.54) is 10.0 Å². The quantitative estimate of drug-likeness (QED) is 0.296. The van der Waals surface area contributed by atoms with E-state index in [1.807, 2.05) is 69.2 Å². The van der Waals surface area contributed by atoms with E-state index in [0.717, 1.165) is 0 Å². The molecule has 0 saturated carbocycles. The first-order valence-corrected chi connectivity index (χ1v) is 10.7. The van der Waals surface area contributed by atoms with E-state index in [2.05, 4.69) is 0 Å². The molecule has 0 heterocycles. The number of carbonyl (C=O) groups excluding carboxylic acids is 2. The van der Waals surface area contributed by atoms with Crippen molar-refractivity contribution in [2.45, 2.75) is 117 Å². The van der Waals surface area contributed by atoms with Crippen molar-refractivity contribution in [2.75, 3.05) is 14.1 Å². The molecule has 0 amide bonds. The van der Waals surface area contributed by atoms with Crippen molar-refractivity contribution in [1.82, 2.24) is 10.0 Å². The number of nitrogens with two attached hydrogens (primary N) is 2. The Morgan fingerprint density at radius 1 is 0.677 bits per heavy atom. The second kappa shape index (κ2) is 10.6. The fraction of sp³-hybridized carbons (Fsp3) is 0.909. The first-order valence-electron chi connectivity index (χ1n) is 10.7. The number of carbonyl (C=O) groups is 2. The van der Waals surface area contributed by atoms with Gasteiger partial charge in [0.25, 0.3) is 0 Å². The van der Waals surface area contributed by atoms with E-state index in [1.54, 1.807) is 14.1 Å². The molecule has 9 heteroatoms. The topological polar surface area (TPSA) is 120 Å². The standard InChI is InChI=1S/C22H46N4O5/c1-19(2,3)29-17(27)15(25(11)23)13-21(7,8)31-22(9,10)14-16(26(12)24)18(28)30-20(4,5)6/h15-16H,13-14,23-24H2,1-12H3. The largest absolute Gasteiger partial charge is 0.459 e. The van der Waals surface area contributed by atoms with Crippen LogP contribution in [0.1, 0.15) is 82.1 Å². The fourth-order valence-corrected chi connectivity index (χ4v) is 3.29. The molecule has 0 spiro atoms. The summed E-state index contributed by atoms with van der Waals surface area (Å²) in [6.45, 7) is 18.4. The monoisotopic (exact) mass is 446 g/mol. The van der Waals surface area contributed by atoms with Crippen LogP contribution in [0.3, 0.4) is 0 Å². The summed E-state index contributed by atoms with van der Waals surface area (Å²) in [6.07, 6.45) is 0.599. The third kappa shape index (κ3) is 12.4. The van der Waals surface area contributed by atoms with Gasteiger partial charge in [0.05, 0.1) is 11.2 Å². The van der Waals surface area contributed by atoms with Gasteiger partial charge in [-0.3, -0.25) is 21.3 Å². The van der Waals surface area contributed by atoms with Crippen LogP contribution >= 0.6 is 0 Å². The molecular formula is C22H46N4O5. The third-order valence-electron chi connectivity index (χ3n) is 4.26. The zero-order valence-electron chi connectivity index (χ0n) is 21.7. The van der Waals surface area contributed by atoms with E-state index in [0.29, 0.717) is 12.8 Å². The van der Waals surface area contributed by atoms with Crippen molar-refractivity contribution < 1.29 is 23.8 Å². The number of hydrogen-bond donors (Lipinski definition) is 2. The lowest BCUT2D eigenvalue weighted by Gasteiger charge is -2.41. The molecule has 0 aliphatic rings. The normalized spacial score (nSPS) is 15.7. The van der Waals surface area contributed by atoms with Crippen LogP contribution in [-0.4, -0.2) is 70.5 Å². The Bertz CT molecular complexity index is 552. The molecule has 0 radical (unpaired) electrons. The molecule has 0 fully saturated rings. The number of hydrogen-bond acceptors (Lipinski definition) is 9. The van der Waals surface area contributed by atoms with Gasteiger partial charge in [0.1, 0.15) is 23.3 Å². The lowest BCUT2D eigenvalue weighted by Crippen LogP contribution is -2.53. The minimum Gasteiger partial charge on any atom is -0.459 e. The van der Waals surface area contributed by atoms with E-state index in [-0.39, 0.29) is 0 Å². The Morgan fingerprint density at radius 2 is 0.935 bits per heavy atom. The Labute approximate surface area is 188 Å². The maximum absolute atomic E-state index is 12.6. The molecule has 0 saturated heterocycles. The van der Waals surface area contributed by atoms with Gasteiger partial charge in [0.2, 0.25) is 0 Å². The molecule has 4 N–H and O–H groups in total. The van der Waals surface area contributed by atoms with Gasteiger partial charge in [-0.05, 0) is 69.2 Å². The average molecular weight is 447 g/mol. The van der Waals surface area contributed by atoms with Crippen molar-refractivity contribution in [1.29, 1.82) is 0 Å². The molecule has 0 rings (SSSR count). The molecule has 184 valence electrons. The Kier molecular flexibility index (Phi) is 10.1. The molecule has 0 bridgehead atoms. The van der Waals surface area contributed by atoms with E-state index >= 15 is 0 Å². The summed E-state index contributed by atoms with van der Waals surface area (Å²) in [4.78, 5) is 25.3. The number of hydrazine groups is 2. The summed E-state index contributed by atoms with van der Waals surface area (Å²) in [5, 5.41) is 2.67. The highest BCUT2D eigenvalue weighted by Gasteiger charge is 2.40. The minimum atomic E-state index is -0.746. The van der Waals surface area contributed by atoms with Crippen molar-refractivity contribution in [3.8, 4) is 0 Å². The number of esters is 2. The number of nitrogens with zero attached hydrogens (tertiary/aromatic N) is 2. The van der Waals surface area contributed by atoms with Gasteiger partial charge in [-0.25, -0.2) is 10.0 Å². The molecule has 9 nitrogen and oxygen atoms in total. The van der Waals surface area contributed by atoms with E-state index in [4.69, 9.17) is 25.9 Å². The highest BCUT2D eigenvalue weighted by atomic mass is 16.6. The second-order valence-electron chi connectivity index (χ2n) is 11.5. The summed E-state index contributed by atoms with van der Waals surface area (Å²) in [5.74, 6) is 11.0. The lowest BCUT2D eigenvalue weighted by atomic mass is 9.93. The number of rotatable bonds is 10. The second-order valence-corrected chi connectivity index (χ2v) is 11.5. The Morgan fingerprint density at radius 3 is 1.13 bits per heavy atom. The molecule has 0 aromatic rings. The molecular weight excluding hydrogens is 400 g/mol. The van der Waals surface area contributed by atoms with Gasteiger partial charge in [0.15, 0.2) is 0 Å². The van der Waals surface area contributed by atoms with Crippen molar-refractivity contribution in [2.24, 2.45) is 11.7 Å². The fourth-order valence-electron chi connectivity index (χ4n) is 3.29. The zero-order valence-corrected chi connectivity index (χ0v) is 21.7. The van der Waals surface area contributed by atoms with Crippen molar-refractivity contribution in [3.63, 3.8) is 0 Å². The summed E-state index contributed by atoms with van der Waals surface area (Å²) in [5.41, 5.74) is -2.74. The molecule has 2 atom stereocenters. The highest BCUT2D eigenvalue weighted by Crippen LogP contribution is 2.30. The highest BCUT2D eigenvalue weighted by molar-refractivity contribution is 5.76. The maximum atomic E-state index is 12.6. The van der Waals surface area contributed by atoms with Crippen LogP contribution in [0.5, 0.6) is 0 Å². The van der Waals surface area contributed by atoms with Gasteiger partial charge < -0.3 is 14.2 Å². The van der Waals surface area contributed by atoms with Crippen LogP contribution in [0.2, 0.25) is 0 Å². The lowest BCUT2D eigenvalue weighted by molar-refractivity contribution is -0.176. The summed E-state index contributed by atoms with van der Waals surface area (Å²) in [7, 11) is 3.25. The van der Waals surface area contributed by atoms with Gasteiger partial charge in [0, 0.05) is 26.9 Å². The third-order valence-corrected chi connectivity index (χ3v) is 4.26. The minimum absolute atomic E-state index is 0.300. The Balaban J connectivity index is 5.41. The van der Waals surface area contributed by atoms with Gasteiger partial charge >= 0.3 is 11.9 Å². The number of likely N-dealkylation sites (N-methyl/N-ethyl adjacent to an activating group) is 2. The summed E-state index contributed by atoms with van der Waals surface area (Å²) in [6, 6.07) is -1.38. The molecule has 0 aromatic carbocycles. The van der Waals surface area contributed by atoms with Crippen LogP contribution in [0.4, 0.5) is 0 Å². The van der Waals surface area contributed by atoms with Crippen LogP contribution in [0.15, 0.2) is 0 Å². The molecule has 0 aromatic heterocycles. The van der Waals surface area contributed by atoms with Gasteiger partial charge in [-0.2, -0.15) is 0 Å². The van der Waals surface area contributed by atoms with Crippen LogP contribution in [0.25, 0.3) is 0 Å². The van der Waals surface area contributed by atoms with Gasteiger partial charge in [-0.1, -0.05) is 0 Å². The first-order chi connectivity index (χ1) is 13.6. The van der Waals surface area contributed by atoms with Crippen molar-refractivity contribution in [3.05, 3.63) is 0 Å².